The fourth-order valence-corrected chi connectivity index (χ4v) is 1.59. The SMILES string of the molecule is COCCN(CCOC)c1cnc(Cl)c(C)c1. The average molecular weight is 259 g/mol. The quantitative estimate of drug-likeness (QED) is 0.702. The molecule has 5 heteroatoms. The van der Waals surface area contributed by atoms with Crippen molar-refractivity contribution in [2.45, 2.75) is 6.92 Å². The molecule has 1 aromatic rings. The van der Waals surface area contributed by atoms with Gasteiger partial charge in [0.25, 0.3) is 0 Å². The molecule has 1 rings (SSSR count). The van der Waals surface area contributed by atoms with Gasteiger partial charge in [0, 0.05) is 27.3 Å². The lowest BCUT2D eigenvalue weighted by Crippen LogP contribution is -2.30. The van der Waals surface area contributed by atoms with Gasteiger partial charge in [-0.3, -0.25) is 0 Å². The molecule has 0 amide bonds. The van der Waals surface area contributed by atoms with Gasteiger partial charge in [0.15, 0.2) is 0 Å². The molecule has 0 aliphatic carbocycles. The number of aromatic nitrogens is 1. The molecular formula is C12H19ClN2O2. The Morgan fingerprint density at radius 2 is 1.82 bits per heavy atom. The van der Waals surface area contributed by atoms with Crippen LogP contribution in [-0.2, 0) is 9.47 Å². The van der Waals surface area contributed by atoms with E-state index in [1.165, 1.54) is 0 Å². The third-order valence-corrected chi connectivity index (χ3v) is 2.89. The number of halogens is 1. The van der Waals surface area contributed by atoms with Crippen molar-refractivity contribution < 1.29 is 9.47 Å². The van der Waals surface area contributed by atoms with E-state index in [0.717, 1.165) is 24.3 Å². The van der Waals surface area contributed by atoms with Crippen molar-refractivity contribution in [3.63, 3.8) is 0 Å². The molecular weight excluding hydrogens is 240 g/mol. The Bertz CT molecular complexity index is 339. The van der Waals surface area contributed by atoms with Gasteiger partial charge in [-0.2, -0.15) is 0 Å². The summed E-state index contributed by atoms with van der Waals surface area (Å²) in [6, 6.07) is 2.03. The summed E-state index contributed by atoms with van der Waals surface area (Å²) in [5.74, 6) is 0. The van der Waals surface area contributed by atoms with E-state index in [1.807, 2.05) is 13.0 Å². The van der Waals surface area contributed by atoms with E-state index in [2.05, 4.69) is 9.88 Å². The third kappa shape index (κ3) is 4.50. The van der Waals surface area contributed by atoms with Crippen LogP contribution in [0.4, 0.5) is 5.69 Å². The van der Waals surface area contributed by atoms with Crippen molar-refractivity contribution in [3.8, 4) is 0 Å². The Hall–Kier alpha value is -0.840. The van der Waals surface area contributed by atoms with Crippen molar-refractivity contribution in [1.29, 1.82) is 0 Å². The van der Waals surface area contributed by atoms with Crippen LogP contribution in [-0.4, -0.2) is 45.5 Å². The molecule has 4 nitrogen and oxygen atoms in total. The summed E-state index contributed by atoms with van der Waals surface area (Å²) in [5, 5.41) is 0.548. The Morgan fingerprint density at radius 3 is 2.29 bits per heavy atom. The van der Waals surface area contributed by atoms with Crippen LogP contribution in [0.2, 0.25) is 5.15 Å². The third-order valence-electron chi connectivity index (χ3n) is 2.50. The van der Waals surface area contributed by atoms with Gasteiger partial charge in [-0.15, -0.1) is 0 Å². The van der Waals surface area contributed by atoms with Crippen molar-refractivity contribution in [1.82, 2.24) is 4.98 Å². The van der Waals surface area contributed by atoms with E-state index in [4.69, 9.17) is 21.1 Å². The topological polar surface area (TPSA) is 34.6 Å². The number of anilines is 1. The Morgan fingerprint density at radius 1 is 1.24 bits per heavy atom. The highest BCUT2D eigenvalue weighted by atomic mass is 35.5. The van der Waals surface area contributed by atoms with E-state index in [-0.39, 0.29) is 0 Å². The van der Waals surface area contributed by atoms with Crippen LogP contribution in [0.25, 0.3) is 0 Å². The highest BCUT2D eigenvalue weighted by Gasteiger charge is 2.08. The molecule has 0 aliphatic heterocycles. The maximum atomic E-state index is 5.92. The van der Waals surface area contributed by atoms with Crippen LogP contribution in [0.3, 0.4) is 0 Å². The van der Waals surface area contributed by atoms with E-state index < -0.39 is 0 Å². The molecule has 0 aliphatic rings. The minimum absolute atomic E-state index is 0.548. The first-order chi connectivity index (χ1) is 8.19. The van der Waals surface area contributed by atoms with Gasteiger partial charge < -0.3 is 14.4 Å². The first-order valence-electron chi connectivity index (χ1n) is 5.54. The Kier molecular flexibility index (Phi) is 6.26. The molecule has 0 radical (unpaired) electrons. The molecule has 17 heavy (non-hydrogen) atoms. The van der Waals surface area contributed by atoms with Gasteiger partial charge in [-0.25, -0.2) is 4.98 Å². The number of rotatable bonds is 7. The molecule has 0 saturated carbocycles. The van der Waals surface area contributed by atoms with Crippen LogP contribution in [0.1, 0.15) is 5.56 Å². The molecule has 0 saturated heterocycles. The summed E-state index contributed by atoms with van der Waals surface area (Å²) in [4.78, 5) is 6.33. The lowest BCUT2D eigenvalue weighted by molar-refractivity contribution is 0.190. The van der Waals surface area contributed by atoms with Crippen LogP contribution in [0.5, 0.6) is 0 Å². The summed E-state index contributed by atoms with van der Waals surface area (Å²) in [7, 11) is 3.39. The summed E-state index contributed by atoms with van der Waals surface area (Å²) in [5.41, 5.74) is 2.02. The standard InChI is InChI=1S/C12H19ClN2O2/c1-10-8-11(9-14-12(10)13)15(4-6-16-2)5-7-17-3/h8-9H,4-7H2,1-3H3. The number of nitrogens with zero attached hydrogens (tertiary/aromatic N) is 2. The van der Waals surface area contributed by atoms with Crippen molar-refractivity contribution >= 4 is 17.3 Å². The average Bonchev–Trinajstić information content (AvgIpc) is 2.33. The van der Waals surface area contributed by atoms with E-state index >= 15 is 0 Å². The summed E-state index contributed by atoms with van der Waals surface area (Å²) in [6.07, 6.45) is 1.78. The zero-order valence-corrected chi connectivity index (χ0v) is 11.3. The molecule has 0 N–H and O–H groups in total. The summed E-state index contributed by atoms with van der Waals surface area (Å²) >= 11 is 5.92. The van der Waals surface area contributed by atoms with Gasteiger partial charge in [-0.05, 0) is 18.6 Å². The molecule has 1 aromatic heterocycles. The van der Waals surface area contributed by atoms with E-state index in [0.29, 0.717) is 18.4 Å². The summed E-state index contributed by atoms with van der Waals surface area (Å²) in [6.45, 7) is 4.91. The second-order valence-electron chi connectivity index (χ2n) is 3.77. The van der Waals surface area contributed by atoms with Crippen LogP contribution < -0.4 is 4.90 Å². The van der Waals surface area contributed by atoms with Crippen LogP contribution in [0, 0.1) is 6.92 Å². The second kappa shape index (κ2) is 7.48. The largest absolute Gasteiger partial charge is 0.383 e. The lowest BCUT2D eigenvalue weighted by atomic mass is 10.2. The molecule has 0 fully saturated rings. The predicted octanol–water partition coefficient (Wildman–Crippen LogP) is 2.14. The number of pyridine rings is 1. The van der Waals surface area contributed by atoms with Gasteiger partial charge in [0.1, 0.15) is 5.15 Å². The zero-order chi connectivity index (χ0) is 12.7. The van der Waals surface area contributed by atoms with Crippen LogP contribution in [0.15, 0.2) is 12.3 Å². The molecule has 0 atom stereocenters. The summed E-state index contributed by atoms with van der Waals surface area (Å²) < 4.78 is 10.2. The molecule has 0 bridgehead atoms. The maximum absolute atomic E-state index is 5.92. The number of hydrogen-bond donors (Lipinski definition) is 0. The number of aryl methyl sites for hydroxylation is 1. The van der Waals surface area contributed by atoms with Crippen molar-refractivity contribution in [3.05, 3.63) is 23.0 Å². The van der Waals surface area contributed by atoms with Crippen molar-refractivity contribution in [2.24, 2.45) is 0 Å². The van der Waals surface area contributed by atoms with Gasteiger partial charge in [0.2, 0.25) is 0 Å². The number of ether oxygens (including phenoxy) is 2. The van der Waals surface area contributed by atoms with E-state index in [9.17, 15) is 0 Å². The van der Waals surface area contributed by atoms with Gasteiger partial charge in [0.05, 0.1) is 25.1 Å². The fourth-order valence-electron chi connectivity index (χ4n) is 1.49. The Balaban J connectivity index is 2.75. The predicted molar refractivity (Wildman–Crippen MR) is 69.9 cm³/mol. The molecule has 0 aromatic carbocycles. The number of hydrogen-bond acceptors (Lipinski definition) is 4. The smallest absolute Gasteiger partial charge is 0.132 e. The highest BCUT2D eigenvalue weighted by molar-refractivity contribution is 6.30. The molecule has 0 spiro atoms. The lowest BCUT2D eigenvalue weighted by Gasteiger charge is -2.24. The first kappa shape index (κ1) is 14.2. The minimum atomic E-state index is 0.548. The molecule has 1 heterocycles. The van der Waals surface area contributed by atoms with E-state index in [1.54, 1.807) is 20.4 Å². The highest BCUT2D eigenvalue weighted by Crippen LogP contribution is 2.19. The van der Waals surface area contributed by atoms with Crippen molar-refractivity contribution in [2.75, 3.05) is 45.4 Å². The molecule has 0 unspecified atom stereocenters. The normalized spacial score (nSPS) is 10.6. The van der Waals surface area contributed by atoms with Crippen LogP contribution >= 0.6 is 11.6 Å². The first-order valence-corrected chi connectivity index (χ1v) is 5.91. The Labute approximate surface area is 107 Å². The monoisotopic (exact) mass is 258 g/mol. The van der Waals surface area contributed by atoms with Gasteiger partial charge >= 0.3 is 0 Å². The second-order valence-corrected chi connectivity index (χ2v) is 4.13. The maximum Gasteiger partial charge on any atom is 0.132 e. The minimum Gasteiger partial charge on any atom is -0.383 e. The fraction of sp³-hybridized carbons (Fsp3) is 0.583. The zero-order valence-electron chi connectivity index (χ0n) is 10.6. The molecule has 96 valence electrons. The number of methoxy groups -OCH3 is 2. The van der Waals surface area contributed by atoms with Gasteiger partial charge in [-0.1, -0.05) is 11.6 Å².